The van der Waals surface area contributed by atoms with Gasteiger partial charge in [0.15, 0.2) is 0 Å². The van der Waals surface area contributed by atoms with Gasteiger partial charge in [-0.3, -0.25) is 0 Å². The van der Waals surface area contributed by atoms with Crippen molar-refractivity contribution in [2.75, 3.05) is 6.54 Å². The molecule has 0 aliphatic rings. The molecule has 1 atom stereocenters. The van der Waals surface area contributed by atoms with Gasteiger partial charge in [0, 0.05) is 33.7 Å². The number of aliphatic hydroxyl groups is 1. The van der Waals surface area contributed by atoms with Gasteiger partial charge in [0.05, 0.1) is 11.6 Å². The minimum atomic E-state index is -0.722. The molecule has 1 heterocycles. The molecule has 1 unspecified atom stereocenters. The third kappa shape index (κ3) is 3.71. The molecule has 2 aromatic rings. The maximum atomic E-state index is 10.3. The van der Waals surface area contributed by atoms with E-state index >= 15 is 0 Å². The molecule has 0 aliphatic heterocycles. The van der Waals surface area contributed by atoms with E-state index in [1.807, 2.05) is 19.2 Å². The molecule has 108 valence electrons. The fraction of sp³-hybridized carbons (Fsp3) is 0.357. The highest BCUT2D eigenvalue weighted by Gasteiger charge is 2.24. The summed E-state index contributed by atoms with van der Waals surface area (Å²) >= 11 is 13.6. The average Bonchev–Trinajstić information content (AvgIpc) is 2.93. The quantitative estimate of drug-likeness (QED) is 0.870. The Morgan fingerprint density at radius 1 is 1.40 bits per heavy atom. The third-order valence-corrected chi connectivity index (χ3v) is 4.70. The number of thiazole rings is 1. The van der Waals surface area contributed by atoms with E-state index in [9.17, 15) is 5.11 Å². The molecule has 0 bridgehead atoms. The van der Waals surface area contributed by atoms with E-state index in [-0.39, 0.29) is 5.54 Å². The first-order valence-electron chi connectivity index (χ1n) is 6.18. The van der Waals surface area contributed by atoms with Crippen molar-refractivity contribution in [3.05, 3.63) is 50.4 Å². The first-order chi connectivity index (χ1) is 9.40. The van der Waals surface area contributed by atoms with Crippen LogP contribution < -0.4 is 5.32 Å². The average molecular weight is 331 g/mol. The van der Waals surface area contributed by atoms with Gasteiger partial charge in [-0.15, -0.1) is 11.3 Å². The maximum absolute atomic E-state index is 10.3. The van der Waals surface area contributed by atoms with Gasteiger partial charge in [-0.2, -0.15) is 0 Å². The Morgan fingerprint density at radius 2 is 2.15 bits per heavy atom. The van der Waals surface area contributed by atoms with Crippen molar-refractivity contribution in [3.63, 3.8) is 0 Å². The van der Waals surface area contributed by atoms with E-state index in [0.717, 1.165) is 5.01 Å². The minimum absolute atomic E-state index is 0.305. The van der Waals surface area contributed by atoms with Crippen molar-refractivity contribution >= 4 is 34.5 Å². The van der Waals surface area contributed by atoms with Crippen LogP contribution >= 0.6 is 34.5 Å². The highest BCUT2D eigenvalue weighted by atomic mass is 35.5. The molecule has 0 radical (unpaired) electrons. The largest absolute Gasteiger partial charge is 0.387 e. The summed E-state index contributed by atoms with van der Waals surface area (Å²) in [6.07, 6.45) is 1.05. The summed E-state index contributed by atoms with van der Waals surface area (Å²) in [6.45, 7) is 4.42. The van der Waals surface area contributed by atoms with Gasteiger partial charge in [0.2, 0.25) is 0 Å². The summed E-state index contributed by atoms with van der Waals surface area (Å²) in [5.74, 6) is 0. The number of rotatable bonds is 5. The van der Waals surface area contributed by atoms with Crippen molar-refractivity contribution in [2.24, 2.45) is 0 Å². The molecule has 3 nitrogen and oxygen atoms in total. The number of benzene rings is 1. The molecule has 6 heteroatoms. The molecule has 0 saturated heterocycles. The van der Waals surface area contributed by atoms with Gasteiger partial charge in [-0.25, -0.2) is 4.98 Å². The van der Waals surface area contributed by atoms with Crippen LogP contribution in [-0.2, 0) is 5.54 Å². The maximum Gasteiger partial charge on any atom is 0.112 e. The van der Waals surface area contributed by atoms with E-state index in [4.69, 9.17) is 23.2 Å². The second-order valence-electron chi connectivity index (χ2n) is 5.02. The van der Waals surface area contributed by atoms with Gasteiger partial charge in [0.25, 0.3) is 0 Å². The number of hydrogen-bond acceptors (Lipinski definition) is 4. The zero-order chi connectivity index (χ0) is 14.8. The molecule has 1 aromatic heterocycles. The van der Waals surface area contributed by atoms with Crippen LogP contribution in [0, 0.1) is 0 Å². The first-order valence-corrected chi connectivity index (χ1v) is 7.82. The standard InChI is InChI=1S/C14H16Cl2N2OS/c1-14(2,13-17-5-6-20-13)18-8-12(19)10-7-9(15)3-4-11(10)16/h3-7,12,18-19H,8H2,1-2H3. The zero-order valence-corrected chi connectivity index (χ0v) is 13.6. The summed E-state index contributed by atoms with van der Waals surface area (Å²) < 4.78 is 0. The predicted octanol–water partition coefficient (Wildman–Crippen LogP) is 4.01. The van der Waals surface area contributed by atoms with Gasteiger partial charge in [-0.1, -0.05) is 23.2 Å². The Bertz CT molecular complexity index is 573. The molecule has 2 N–H and O–H groups in total. The predicted molar refractivity (Wildman–Crippen MR) is 84.6 cm³/mol. The van der Waals surface area contributed by atoms with Crippen molar-refractivity contribution < 1.29 is 5.11 Å². The first kappa shape index (κ1) is 15.7. The molecule has 0 spiro atoms. The van der Waals surface area contributed by atoms with E-state index in [1.54, 1.807) is 35.7 Å². The second-order valence-corrected chi connectivity index (χ2v) is 6.76. The van der Waals surface area contributed by atoms with E-state index in [0.29, 0.717) is 22.2 Å². The summed E-state index contributed by atoms with van der Waals surface area (Å²) in [6, 6.07) is 5.08. The topological polar surface area (TPSA) is 45.1 Å². The highest BCUT2D eigenvalue weighted by molar-refractivity contribution is 7.09. The van der Waals surface area contributed by atoms with Crippen LogP contribution in [-0.4, -0.2) is 16.6 Å². The molecule has 1 aromatic carbocycles. The Morgan fingerprint density at radius 3 is 2.80 bits per heavy atom. The van der Waals surface area contributed by atoms with E-state index < -0.39 is 6.10 Å². The number of nitrogens with zero attached hydrogens (tertiary/aromatic N) is 1. The van der Waals surface area contributed by atoms with Crippen LogP contribution in [0.1, 0.15) is 30.5 Å². The Hall–Kier alpha value is -0.650. The van der Waals surface area contributed by atoms with Crippen LogP contribution in [0.5, 0.6) is 0 Å². The van der Waals surface area contributed by atoms with E-state index in [2.05, 4.69) is 10.3 Å². The SMILES string of the molecule is CC(C)(NCC(O)c1cc(Cl)ccc1Cl)c1nccs1. The zero-order valence-electron chi connectivity index (χ0n) is 11.2. The number of halogens is 2. The molecule has 0 aliphatic carbocycles. The molecule has 2 rings (SSSR count). The van der Waals surface area contributed by atoms with Gasteiger partial charge in [-0.05, 0) is 32.0 Å². The number of aromatic nitrogens is 1. The second kappa shape index (κ2) is 6.41. The Labute approximate surface area is 132 Å². The van der Waals surface area contributed by atoms with Crippen LogP contribution in [0.4, 0.5) is 0 Å². The minimum Gasteiger partial charge on any atom is -0.387 e. The van der Waals surface area contributed by atoms with Crippen LogP contribution in [0.15, 0.2) is 29.8 Å². The van der Waals surface area contributed by atoms with Crippen LogP contribution in [0.2, 0.25) is 10.0 Å². The molecule has 0 fully saturated rings. The lowest BCUT2D eigenvalue weighted by molar-refractivity contribution is 0.161. The van der Waals surface area contributed by atoms with Gasteiger partial charge < -0.3 is 10.4 Å². The lowest BCUT2D eigenvalue weighted by Crippen LogP contribution is -2.39. The number of hydrogen-bond donors (Lipinski definition) is 2. The van der Waals surface area contributed by atoms with Crippen molar-refractivity contribution in [1.82, 2.24) is 10.3 Å². The van der Waals surface area contributed by atoms with Crippen LogP contribution in [0.25, 0.3) is 0 Å². The molecule has 0 saturated carbocycles. The van der Waals surface area contributed by atoms with Crippen molar-refractivity contribution in [2.45, 2.75) is 25.5 Å². The third-order valence-electron chi connectivity index (χ3n) is 3.02. The summed E-state index contributed by atoms with van der Waals surface area (Å²) in [7, 11) is 0. The Balaban J connectivity index is 2.05. The van der Waals surface area contributed by atoms with Crippen molar-refractivity contribution in [3.8, 4) is 0 Å². The summed E-state index contributed by atoms with van der Waals surface area (Å²) in [4.78, 5) is 4.30. The Kier molecular flexibility index (Phi) is 5.04. The van der Waals surface area contributed by atoms with Gasteiger partial charge in [0.1, 0.15) is 5.01 Å². The van der Waals surface area contributed by atoms with Crippen LogP contribution in [0.3, 0.4) is 0 Å². The number of nitrogens with one attached hydrogen (secondary N) is 1. The summed E-state index contributed by atoms with van der Waals surface area (Å²) in [5, 5.41) is 17.5. The highest BCUT2D eigenvalue weighted by Crippen LogP contribution is 2.27. The fourth-order valence-corrected chi connectivity index (χ4v) is 3.00. The fourth-order valence-electron chi connectivity index (χ4n) is 1.84. The molecular formula is C14H16Cl2N2OS. The summed E-state index contributed by atoms with van der Waals surface area (Å²) in [5.41, 5.74) is 0.321. The van der Waals surface area contributed by atoms with Crippen molar-refractivity contribution in [1.29, 1.82) is 0 Å². The molecule has 0 amide bonds. The lowest BCUT2D eigenvalue weighted by atomic mass is 10.0. The number of aliphatic hydroxyl groups excluding tert-OH is 1. The smallest absolute Gasteiger partial charge is 0.112 e. The molecular weight excluding hydrogens is 315 g/mol. The molecule has 20 heavy (non-hydrogen) atoms. The lowest BCUT2D eigenvalue weighted by Gasteiger charge is -2.26. The van der Waals surface area contributed by atoms with Gasteiger partial charge >= 0.3 is 0 Å². The normalized spacial score (nSPS) is 13.4. The van der Waals surface area contributed by atoms with E-state index in [1.165, 1.54) is 0 Å². The monoisotopic (exact) mass is 330 g/mol.